The minimum atomic E-state index is -0.162. The summed E-state index contributed by atoms with van der Waals surface area (Å²) in [7, 11) is 0. The maximum atomic E-state index is 12.4. The molecule has 1 aromatic heterocycles. The number of rotatable bonds is 7. The molecule has 29 heavy (non-hydrogen) atoms. The van der Waals surface area contributed by atoms with E-state index in [1.165, 1.54) is 19.3 Å². The SMILES string of the molecule is O=C(COc1ccc2c(c1)CCC(=O)N2)NC[C@@H](c1ccco1)N1CCCCC1. The number of piperidine rings is 1. The molecule has 1 aromatic carbocycles. The molecule has 3 heterocycles. The molecule has 0 radical (unpaired) electrons. The van der Waals surface area contributed by atoms with Gasteiger partial charge in [0.25, 0.3) is 5.91 Å². The van der Waals surface area contributed by atoms with Crippen molar-refractivity contribution in [1.82, 2.24) is 10.2 Å². The number of nitrogens with zero attached hydrogens (tertiary/aromatic N) is 1. The highest BCUT2D eigenvalue weighted by Crippen LogP contribution is 2.27. The summed E-state index contributed by atoms with van der Waals surface area (Å²) in [5, 5.41) is 5.83. The predicted octanol–water partition coefficient (Wildman–Crippen LogP) is 2.89. The van der Waals surface area contributed by atoms with Crippen LogP contribution in [-0.2, 0) is 16.0 Å². The van der Waals surface area contributed by atoms with E-state index in [0.29, 0.717) is 25.1 Å². The Balaban J connectivity index is 1.30. The number of anilines is 1. The molecule has 1 atom stereocenters. The van der Waals surface area contributed by atoms with E-state index in [2.05, 4.69) is 15.5 Å². The maximum Gasteiger partial charge on any atom is 0.258 e. The molecule has 1 fully saturated rings. The van der Waals surface area contributed by atoms with Crippen LogP contribution in [0.15, 0.2) is 41.0 Å². The van der Waals surface area contributed by atoms with Crippen molar-refractivity contribution in [3.63, 3.8) is 0 Å². The highest BCUT2D eigenvalue weighted by atomic mass is 16.5. The Hall–Kier alpha value is -2.80. The van der Waals surface area contributed by atoms with Crippen LogP contribution in [0.2, 0.25) is 0 Å². The fourth-order valence-corrected chi connectivity index (χ4v) is 3.98. The van der Waals surface area contributed by atoms with Crippen molar-refractivity contribution in [2.75, 3.05) is 31.6 Å². The number of carbonyl (C=O) groups excluding carboxylic acids is 2. The molecule has 2 aliphatic rings. The summed E-state index contributed by atoms with van der Waals surface area (Å²) in [6.07, 6.45) is 6.44. The molecular weight excluding hydrogens is 370 g/mol. The van der Waals surface area contributed by atoms with Crippen molar-refractivity contribution in [1.29, 1.82) is 0 Å². The third-order valence-electron chi connectivity index (χ3n) is 5.54. The van der Waals surface area contributed by atoms with E-state index in [0.717, 1.165) is 30.1 Å². The Morgan fingerprint density at radius 3 is 2.86 bits per heavy atom. The summed E-state index contributed by atoms with van der Waals surface area (Å²) >= 11 is 0. The summed E-state index contributed by atoms with van der Waals surface area (Å²) in [5.74, 6) is 1.38. The molecule has 2 amide bonds. The van der Waals surface area contributed by atoms with Gasteiger partial charge in [-0.3, -0.25) is 14.5 Å². The molecule has 4 rings (SSSR count). The van der Waals surface area contributed by atoms with E-state index in [1.807, 2.05) is 24.3 Å². The summed E-state index contributed by atoms with van der Waals surface area (Å²) in [4.78, 5) is 26.2. The maximum absolute atomic E-state index is 12.4. The van der Waals surface area contributed by atoms with Gasteiger partial charge in [-0.1, -0.05) is 6.42 Å². The van der Waals surface area contributed by atoms with Crippen molar-refractivity contribution in [3.8, 4) is 5.75 Å². The van der Waals surface area contributed by atoms with Gasteiger partial charge in [0.2, 0.25) is 5.91 Å². The van der Waals surface area contributed by atoms with Crippen LogP contribution in [0.5, 0.6) is 5.75 Å². The highest BCUT2D eigenvalue weighted by molar-refractivity contribution is 5.94. The third kappa shape index (κ3) is 4.98. The Morgan fingerprint density at radius 1 is 1.21 bits per heavy atom. The number of furan rings is 1. The van der Waals surface area contributed by atoms with Crippen LogP contribution in [0.4, 0.5) is 5.69 Å². The number of hydrogen-bond donors (Lipinski definition) is 2. The van der Waals surface area contributed by atoms with Gasteiger partial charge >= 0.3 is 0 Å². The Bertz CT molecular complexity index is 844. The van der Waals surface area contributed by atoms with E-state index in [9.17, 15) is 9.59 Å². The first-order valence-corrected chi connectivity index (χ1v) is 10.3. The van der Waals surface area contributed by atoms with Gasteiger partial charge in [0, 0.05) is 18.7 Å². The molecule has 2 aromatic rings. The minimum absolute atomic E-state index is 0.0327. The average molecular weight is 397 g/mol. The number of aryl methyl sites for hydroxylation is 1. The topological polar surface area (TPSA) is 83.8 Å². The molecule has 1 saturated heterocycles. The van der Waals surface area contributed by atoms with E-state index in [1.54, 1.807) is 12.3 Å². The molecular formula is C22H27N3O4. The number of nitrogens with one attached hydrogen (secondary N) is 2. The van der Waals surface area contributed by atoms with Gasteiger partial charge in [-0.2, -0.15) is 0 Å². The lowest BCUT2D eigenvalue weighted by molar-refractivity contribution is -0.123. The lowest BCUT2D eigenvalue weighted by atomic mass is 10.0. The monoisotopic (exact) mass is 397 g/mol. The number of hydrogen-bond acceptors (Lipinski definition) is 5. The Labute approximate surface area is 170 Å². The van der Waals surface area contributed by atoms with Crippen molar-refractivity contribution >= 4 is 17.5 Å². The van der Waals surface area contributed by atoms with Gasteiger partial charge in [-0.15, -0.1) is 0 Å². The molecule has 0 bridgehead atoms. The van der Waals surface area contributed by atoms with Crippen molar-refractivity contribution in [2.45, 2.75) is 38.1 Å². The van der Waals surface area contributed by atoms with Crippen LogP contribution in [-0.4, -0.2) is 43.0 Å². The first-order valence-electron chi connectivity index (χ1n) is 10.3. The number of ether oxygens (including phenoxy) is 1. The van der Waals surface area contributed by atoms with Gasteiger partial charge in [0.15, 0.2) is 6.61 Å². The van der Waals surface area contributed by atoms with Gasteiger partial charge in [0.1, 0.15) is 11.5 Å². The quantitative estimate of drug-likeness (QED) is 0.751. The van der Waals surface area contributed by atoms with Gasteiger partial charge in [-0.05, 0) is 68.2 Å². The van der Waals surface area contributed by atoms with E-state index in [-0.39, 0.29) is 24.5 Å². The Morgan fingerprint density at radius 2 is 2.07 bits per heavy atom. The minimum Gasteiger partial charge on any atom is -0.484 e. The first-order chi connectivity index (χ1) is 14.2. The second-order valence-corrected chi connectivity index (χ2v) is 7.59. The lowest BCUT2D eigenvalue weighted by Gasteiger charge is -2.33. The molecule has 154 valence electrons. The number of fused-ring (bicyclic) bond motifs is 1. The van der Waals surface area contributed by atoms with Crippen molar-refractivity contribution in [3.05, 3.63) is 47.9 Å². The van der Waals surface area contributed by atoms with Crippen molar-refractivity contribution in [2.24, 2.45) is 0 Å². The summed E-state index contributed by atoms with van der Waals surface area (Å²) in [6, 6.07) is 9.38. The molecule has 0 unspecified atom stereocenters. The van der Waals surface area contributed by atoms with Crippen LogP contribution in [0.1, 0.15) is 43.0 Å². The second kappa shape index (κ2) is 9.13. The normalized spacial score (nSPS) is 17.9. The van der Waals surface area contributed by atoms with E-state index in [4.69, 9.17) is 9.15 Å². The zero-order valence-corrected chi connectivity index (χ0v) is 16.5. The lowest BCUT2D eigenvalue weighted by Crippen LogP contribution is -2.41. The number of amides is 2. The van der Waals surface area contributed by atoms with E-state index < -0.39 is 0 Å². The van der Waals surface area contributed by atoms with Crippen LogP contribution in [0, 0.1) is 0 Å². The van der Waals surface area contributed by atoms with Gasteiger partial charge in [0.05, 0.1) is 12.3 Å². The summed E-state index contributed by atoms with van der Waals surface area (Å²) < 4.78 is 11.3. The molecule has 7 nitrogen and oxygen atoms in total. The molecule has 0 aliphatic carbocycles. The van der Waals surface area contributed by atoms with Crippen LogP contribution in [0.25, 0.3) is 0 Å². The molecule has 2 aliphatic heterocycles. The molecule has 0 saturated carbocycles. The Kier molecular flexibility index (Phi) is 6.14. The highest BCUT2D eigenvalue weighted by Gasteiger charge is 2.25. The molecule has 7 heteroatoms. The third-order valence-corrected chi connectivity index (χ3v) is 5.54. The average Bonchev–Trinajstić information content (AvgIpc) is 3.27. The van der Waals surface area contributed by atoms with Crippen molar-refractivity contribution < 1.29 is 18.7 Å². The fraction of sp³-hybridized carbons (Fsp3) is 0.455. The predicted molar refractivity (Wildman–Crippen MR) is 109 cm³/mol. The van der Waals surface area contributed by atoms with Crippen LogP contribution < -0.4 is 15.4 Å². The van der Waals surface area contributed by atoms with Crippen LogP contribution >= 0.6 is 0 Å². The van der Waals surface area contributed by atoms with Crippen LogP contribution in [0.3, 0.4) is 0 Å². The number of carbonyl (C=O) groups is 2. The summed E-state index contributed by atoms with van der Waals surface area (Å²) in [5.41, 5.74) is 1.85. The second-order valence-electron chi connectivity index (χ2n) is 7.59. The van der Waals surface area contributed by atoms with E-state index >= 15 is 0 Å². The zero-order chi connectivity index (χ0) is 20.1. The smallest absolute Gasteiger partial charge is 0.258 e. The standard InChI is InChI=1S/C22H27N3O4/c26-21-9-6-16-13-17(7-8-18(16)24-21)29-15-22(27)23-14-19(20-5-4-12-28-20)25-10-2-1-3-11-25/h4-5,7-8,12-13,19H,1-3,6,9-11,14-15H2,(H,23,27)(H,24,26)/t19-/m0/s1. The molecule has 2 N–H and O–H groups in total. The zero-order valence-electron chi connectivity index (χ0n) is 16.5. The number of likely N-dealkylation sites (tertiary alicyclic amines) is 1. The van der Waals surface area contributed by atoms with Gasteiger partial charge in [-0.25, -0.2) is 0 Å². The fourth-order valence-electron chi connectivity index (χ4n) is 3.98. The first kappa shape index (κ1) is 19.5. The number of benzene rings is 1. The largest absolute Gasteiger partial charge is 0.484 e. The van der Waals surface area contributed by atoms with Gasteiger partial charge < -0.3 is 19.8 Å². The molecule has 0 spiro atoms. The summed E-state index contributed by atoms with van der Waals surface area (Å²) in [6.45, 7) is 2.48.